The third-order valence-electron chi connectivity index (χ3n) is 7.78. The first kappa shape index (κ1) is 27.8. The van der Waals surface area contributed by atoms with Crippen LogP contribution in [0.1, 0.15) is 52.9 Å². The molecule has 3 heterocycles. The van der Waals surface area contributed by atoms with Gasteiger partial charge in [-0.15, -0.1) is 12.4 Å². The number of hydrogen-bond acceptors (Lipinski definition) is 5. The number of Topliss-reactive ketones (excluding diaryl/α,β-unsaturated/α-hetero) is 1. The van der Waals surface area contributed by atoms with Gasteiger partial charge in [0.15, 0.2) is 0 Å². The van der Waals surface area contributed by atoms with Crippen LogP contribution in [0.25, 0.3) is 10.9 Å². The fraction of sp³-hybridized carbons (Fsp3) is 0.414. The predicted octanol–water partition coefficient (Wildman–Crippen LogP) is 3.11. The van der Waals surface area contributed by atoms with Gasteiger partial charge in [0.1, 0.15) is 11.7 Å². The second-order valence-electron chi connectivity index (χ2n) is 10.1. The van der Waals surface area contributed by atoms with Gasteiger partial charge in [0.05, 0.1) is 6.04 Å². The highest BCUT2D eigenvalue weighted by Gasteiger charge is 2.41. The number of hydrogen-bond donors (Lipinski definition) is 4. The first-order chi connectivity index (χ1) is 18.0. The molecule has 2 atom stereocenters. The Morgan fingerprint density at radius 2 is 1.87 bits per heavy atom. The Hall–Kier alpha value is -3.20. The van der Waals surface area contributed by atoms with E-state index in [0.29, 0.717) is 44.5 Å². The van der Waals surface area contributed by atoms with Crippen LogP contribution in [0.3, 0.4) is 0 Å². The summed E-state index contributed by atoms with van der Waals surface area (Å²) in [6.07, 6.45) is 3.90. The number of benzene rings is 2. The van der Waals surface area contributed by atoms with Gasteiger partial charge < -0.3 is 26.3 Å². The molecule has 3 aromatic rings. The smallest absolute Gasteiger partial charge is 0.251 e. The van der Waals surface area contributed by atoms with Gasteiger partial charge in [0.25, 0.3) is 5.91 Å². The van der Waals surface area contributed by atoms with Gasteiger partial charge in [-0.3, -0.25) is 14.4 Å². The molecule has 1 saturated heterocycles. The van der Waals surface area contributed by atoms with Crippen LogP contribution >= 0.6 is 12.4 Å². The molecule has 38 heavy (non-hydrogen) atoms. The van der Waals surface area contributed by atoms with Crippen molar-refractivity contribution in [1.29, 1.82) is 0 Å². The lowest BCUT2D eigenvalue weighted by Crippen LogP contribution is -2.48. The van der Waals surface area contributed by atoms with E-state index in [1.165, 1.54) is 0 Å². The van der Waals surface area contributed by atoms with Crippen LogP contribution in [-0.2, 0) is 22.6 Å². The number of para-hydroxylation sites is 1. The molecule has 5 N–H and O–H groups in total. The molecule has 0 aliphatic carbocycles. The topological polar surface area (TPSA) is 120 Å². The molecule has 1 fully saturated rings. The molecule has 9 heteroatoms. The largest absolute Gasteiger partial charge is 0.361 e. The predicted molar refractivity (Wildman–Crippen MR) is 150 cm³/mol. The summed E-state index contributed by atoms with van der Waals surface area (Å²) in [6.45, 7) is 4.89. The summed E-state index contributed by atoms with van der Waals surface area (Å²) < 4.78 is 0. The quantitative estimate of drug-likeness (QED) is 0.345. The monoisotopic (exact) mass is 537 g/mol. The number of carbonyl (C=O) groups excluding carboxylic acids is 3. The SMILES string of the molecule is CCNC(=O)c1ccc2c(c1)CCN(C(=O)C(C(=O)C1CCNCC1)C(N)c1c[nH]c3ccccc13)C2.Cl. The van der Waals surface area contributed by atoms with Crippen molar-refractivity contribution in [3.8, 4) is 0 Å². The van der Waals surface area contributed by atoms with Crippen LogP contribution in [-0.4, -0.2) is 53.7 Å². The average Bonchev–Trinajstić information content (AvgIpc) is 3.37. The maximum Gasteiger partial charge on any atom is 0.251 e. The lowest BCUT2D eigenvalue weighted by Gasteiger charge is -2.35. The van der Waals surface area contributed by atoms with Crippen molar-refractivity contribution >= 4 is 40.9 Å². The van der Waals surface area contributed by atoms with Crippen LogP contribution in [0.5, 0.6) is 0 Å². The summed E-state index contributed by atoms with van der Waals surface area (Å²) in [5.74, 6) is -1.48. The van der Waals surface area contributed by atoms with Gasteiger partial charge in [-0.25, -0.2) is 0 Å². The van der Waals surface area contributed by atoms with Crippen molar-refractivity contribution in [2.45, 2.75) is 38.8 Å². The molecule has 2 aliphatic heterocycles. The number of carbonyl (C=O) groups is 3. The van der Waals surface area contributed by atoms with E-state index < -0.39 is 12.0 Å². The van der Waals surface area contributed by atoms with Crippen LogP contribution in [0.15, 0.2) is 48.7 Å². The zero-order valence-corrected chi connectivity index (χ0v) is 22.5. The molecule has 1 aromatic heterocycles. The molecule has 2 aliphatic rings. The zero-order valence-electron chi connectivity index (χ0n) is 21.7. The van der Waals surface area contributed by atoms with Gasteiger partial charge in [0.2, 0.25) is 5.91 Å². The summed E-state index contributed by atoms with van der Waals surface area (Å²) in [5, 5.41) is 7.07. The van der Waals surface area contributed by atoms with E-state index in [-0.39, 0.29) is 35.9 Å². The van der Waals surface area contributed by atoms with Crippen molar-refractivity contribution in [3.63, 3.8) is 0 Å². The summed E-state index contributed by atoms with van der Waals surface area (Å²) in [6, 6.07) is 12.7. The maximum atomic E-state index is 14.1. The maximum absolute atomic E-state index is 14.1. The van der Waals surface area contributed by atoms with Crippen molar-refractivity contribution in [3.05, 3.63) is 70.9 Å². The van der Waals surface area contributed by atoms with Crippen LogP contribution in [0, 0.1) is 11.8 Å². The normalized spacial score (nSPS) is 17.3. The number of aromatic nitrogens is 1. The third kappa shape index (κ3) is 5.48. The highest BCUT2D eigenvalue weighted by Crippen LogP contribution is 2.33. The fourth-order valence-corrected chi connectivity index (χ4v) is 5.70. The standard InChI is InChI=1S/C29H35N5O3.ClH/c1-2-32-28(36)20-7-8-21-17-34(14-11-19(21)15-20)29(37)25(27(35)18-9-12-31-13-10-18)26(30)23-16-33-24-6-4-3-5-22(23)24;/h3-8,15-16,18,25-26,31,33H,2,9-14,17,30H2,1H3,(H,32,36);1H. The number of nitrogens with one attached hydrogen (secondary N) is 3. The molecule has 0 saturated carbocycles. The van der Waals surface area contributed by atoms with Crippen LogP contribution in [0.4, 0.5) is 0 Å². The van der Waals surface area contributed by atoms with E-state index in [2.05, 4.69) is 15.6 Å². The summed E-state index contributed by atoms with van der Waals surface area (Å²) in [4.78, 5) is 45.2. The second-order valence-corrected chi connectivity index (χ2v) is 10.1. The molecular weight excluding hydrogens is 502 g/mol. The lowest BCUT2D eigenvalue weighted by atomic mass is 9.79. The number of H-pyrrole nitrogens is 1. The number of aromatic amines is 1. The van der Waals surface area contributed by atoms with Gasteiger partial charge in [-0.2, -0.15) is 0 Å². The number of ketones is 1. The highest BCUT2D eigenvalue weighted by molar-refractivity contribution is 6.04. The minimum absolute atomic E-state index is 0. The first-order valence-electron chi connectivity index (χ1n) is 13.2. The van der Waals surface area contributed by atoms with Gasteiger partial charge >= 0.3 is 0 Å². The highest BCUT2D eigenvalue weighted by atomic mass is 35.5. The second kappa shape index (κ2) is 12.1. The van der Waals surface area contributed by atoms with E-state index in [1.807, 2.05) is 49.5 Å². The molecule has 2 unspecified atom stereocenters. The Kier molecular flexibility index (Phi) is 8.87. The molecule has 0 spiro atoms. The van der Waals surface area contributed by atoms with E-state index in [1.54, 1.807) is 11.0 Å². The van der Waals surface area contributed by atoms with Crippen LogP contribution in [0.2, 0.25) is 0 Å². The molecule has 202 valence electrons. The lowest BCUT2D eigenvalue weighted by molar-refractivity contribution is -0.145. The van der Waals surface area contributed by atoms with E-state index in [9.17, 15) is 14.4 Å². The van der Waals surface area contributed by atoms with Gasteiger partial charge in [-0.05, 0) is 74.2 Å². The Morgan fingerprint density at radius 3 is 2.63 bits per heavy atom. The molecule has 8 nitrogen and oxygen atoms in total. The molecule has 5 rings (SSSR count). The Morgan fingerprint density at radius 1 is 1.11 bits per heavy atom. The van der Waals surface area contributed by atoms with Crippen LogP contribution < -0.4 is 16.4 Å². The summed E-state index contributed by atoms with van der Waals surface area (Å²) in [7, 11) is 0. The molecular formula is C29H36ClN5O3. The van der Waals surface area contributed by atoms with E-state index in [4.69, 9.17) is 5.73 Å². The summed E-state index contributed by atoms with van der Waals surface area (Å²) >= 11 is 0. The van der Waals surface area contributed by atoms with E-state index in [0.717, 1.165) is 40.7 Å². The average molecular weight is 538 g/mol. The Labute approximate surface area is 229 Å². The number of nitrogens with zero attached hydrogens (tertiary/aromatic N) is 1. The third-order valence-corrected chi connectivity index (χ3v) is 7.78. The number of rotatable bonds is 7. The van der Waals surface area contributed by atoms with Crippen molar-refractivity contribution in [1.82, 2.24) is 20.5 Å². The number of halogens is 1. The molecule has 2 aromatic carbocycles. The fourth-order valence-electron chi connectivity index (χ4n) is 5.70. The number of fused-ring (bicyclic) bond motifs is 2. The molecule has 2 amide bonds. The minimum Gasteiger partial charge on any atom is -0.361 e. The van der Waals surface area contributed by atoms with Crippen molar-refractivity contribution < 1.29 is 14.4 Å². The zero-order chi connectivity index (χ0) is 25.9. The Bertz CT molecular complexity index is 1320. The minimum atomic E-state index is -0.946. The van der Waals surface area contributed by atoms with Gasteiger partial charge in [-0.1, -0.05) is 24.3 Å². The van der Waals surface area contributed by atoms with Crippen molar-refractivity contribution in [2.24, 2.45) is 17.6 Å². The number of amides is 2. The van der Waals surface area contributed by atoms with Gasteiger partial charge in [0, 0.05) is 48.2 Å². The molecule has 0 radical (unpaired) electrons. The summed E-state index contributed by atoms with van der Waals surface area (Å²) in [5.41, 5.74) is 11.2. The number of nitrogens with two attached hydrogens (primary N) is 1. The Balaban J connectivity index is 0.00000336. The first-order valence-corrected chi connectivity index (χ1v) is 13.2. The van der Waals surface area contributed by atoms with Crippen molar-refractivity contribution in [2.75, 3.05) is 26.2 Å². The molecule has 0 bridgehead atoms. The number of piperidine rings is 1. The van der Waals surface area contributed by atoms with E-state index >= 15 is 0 Å².